The number of aliphatic hydroxyl groups is 2. The van der Waals surface area contributed by atoms with Crippen LogP contribution < -0.4 is 0 Å². The van der Waals surface area contributed by atoms with Crippen LogP contribution in [0.5, 0.6) is 0 Å². The largest absolute Gasteiger partial charge is 0.481 e. The van der Waals surface area contributed by atoms with E-state index in [4.69, 9.17) is 15.3 Å². The lowest BCUT2D eigenvalue weighted by Crippen LogP contribution is -2.30. The molecule has 4 nitrogen and oxygen atoms in total. The van der Waals surface area contributed by atoms with E-state index in [1.165, 1.54) is 0 Å². The smallest absolute Gasteiger partial charge is 0.303 e. The van der Waals surface area contributed by atoms with Gasteiger partial charge < -0.3 is 15.3 Å². The lowest BCUT2D eigenvalue weighted by Gasteiger charge is -2.30. The molecule has 0 radical (unpaired) electrons. The third kappa shape index (κ3) is 9.42. The SMILES string of the molecule is CC(C)C(CO)C(CO)C(C)C.CCCC(=O)O. The van der Waals surface area contributed by atoms with Crippen LogP contribution in [0.15, 0.2) is 0 Å². The second kappa shape index (κ2) is 11.5. The molecular formula is C14H30O4. The van der Waals surface area contributed by atoms with E-state index in [9.17, 15) is 4.79 Å². The number of hydrogen-bond acceptors (Lipinski definition) is 3. The van der Waals surface area contributed by atoms with Crippen LogP contribution in [0.3, 0.4) is 0 Å². The number of aliphatic carboxylic acids is 1. The topological polar surface area (TPSA) is 77.8 Å². The van der Waals surface area contributed by atoms with Gasteiger partial charge in [0.25, 0.3) is 0 Å². The summed E-state index contributed by atoms with van der Waals surface area (Å²) < 4.78 is 0. The van der Waals surface area contributed by atoms with Crippen molar-refractivity contribution in [3.8, 4) is 0 Å². The van der Waals surface area contributed by atoms with Crippen LogP contribution >= 0.6 is 0 Å². The molecule has 0 aromatic heterocycles. The molecule has 0 aliphatic carbocycles. The van der Waals surface area contributed by atoms with Gasteiger partial charge in [0.1, 0.15) is 0 Å². The molecule has 0 aromatic rings. The van der Waals surface area contributed by atoms with Crippen molar-refractivity contribution in [2.75, 3.05) is 13.2 Å². The molecule has 0 bridgehead atoms. The second-order valence-corrected chi connectivity index (χ2v) is 5.32. The summed E-state index contributed by atoms with van der Waals surface area (Å²) >= 11 is 0. The van der Waals surface area contributed by atoms with E-state index < -0.39 is 5.97 Å². The summed E-state index contributed by atoms with van der Waals surface area (Å²) in [6.07, 6.45) is 1.02. The third-order valence-corrected chi connectivity index (χ3v) is 3.15. The van der Waals surface area contributed by atoms with Gasteiger partial charge in [-0.1, -0.05) is 34.6 Å². The molecule has 0 spiro atoms. The van der Waals surface area contributed by atoms with Crippen LogP contribution in [-0.4, -0.2) is 34.5 Å². The van der Waals surface area contributed by atoms with E-state index in [2.05, 4.69) is 27.7 Å². The average molecular weight is 262 g/mol. The van der Waals surface area contributed by atoms with Crippen LogP contribution in [0, 0.1) is 23.7 Å². The van der Waals surface area contributed by atoms with Gasteiger partial charge in [-0.3, -0.25) is 4.79 Å². The normalized spacial score (nSPS) is 14.1. The highest BCUT2D eigenvalue weighted by atomic mass is 16.4. The highest BCUT2D eigenvalue weighted by Crippen LogP contribution is 2.26. The molecule has 3 N–H and O–H groups in total. The van der Waals surface area contributed by atoms with Crippen LogP contribution in [0.2, 0.25) is 0 Å². The van der Waals surface area contributed by atoms with Crippen LogP contribution in [-0.2, 0) is 4.79 Å². The van der Waals surface area contributed by atoms with Gasteiger partial charge >= 0.3 is 5.97 Å². The van der Waals surface area contributed by atoms with E-state index in [-0.39, 0.29) is 25.0 Å². The molecule has 2 unspecified atom stereocenters. The van der Waals surface area contributed by atoms with Crippen molar-refractivity contribution >= 4 is 5.97 Å². The summed E-state index contributed by atoms with van der Waals surface area (Å²) in [5, 5.41) is 26.2. The first-order valence-electron chi connectivity index (χ1n) is 6.75. The summed E-state index contributed by atoms with van der Waals surface area (Å²) in [6.45, 7) is 10.6. The predicted molar refractivity (Wildman–Crippen MR) is 73.4 cm³/mol. The van der Waals surface area contributed by atoms with Gasteiger partial charge in [0, 0.05) is 19.6 Å². The zero-order valence-corrected chi connectivity index (χ0v) is 12.4. The molecule has 18 heavy (non-hydrogen) atoms. The van der Waals surface area contributed by atoms with Gasteiger partial charge in [-0.15, -0.1) is 0 Å². The Morgan fingerprint density at radius 2 is 1.28 bits per heavy atom. The summed E-state index contributed by atoms with van der Waals surface area (Å²) in [6, 6.07) is 0. The van der Waals surface area contributed by atoms with Gasteiger partial charge in [-0.05, 0) is 30.1 Å². The number of rotatable bonds is 7. The summed E-state index contributed by atoms with van der Waals surface area (Å²) in [5.74, 6) is 0.631. The highest BCUT2D eigenvalue weighted by molar-refractivity contribution is 5.66. The standard InChI is InChI=1S/C10H22O2.C4H8O2/c1-7(2)9(5-11)10(6-12)8(3)4;1-2-3-4(5)6/h7-12H,5-6H2,1-4H3;2-3H2,1H3,(H,5,6). The highest BCUT2D eigenvalue weighted by Gasteiger charge is 2.25. The van der Waals surface area contributed by atoms with Gasteiger partial charge in [-0.2, -0.15) is 0 Å². The molecule has 0 aromatic carbocycles. The van der Waals surface area contributed by atoms with Crippen molar-refractivity contribution in [1.82, 2.24) is 0 Å². The summed E-state index contributed by atoms with van der Waals surface area (Å²) in [7, 11) is 0. The van der Waals surface area contributed by atoms with Crippen LogP contribution in [0.1, 0.15) is 47.5 Å². The molecule has 0 amide bonds. The Labute approximate surface area is 111 Å². The summed E-state index contributed by atoms with van der Waals surface area (Å²) in [5.41, 5.74) is 0. The van der Waals surface area contributed by atoms with E-state index >= 15 is 0 Å². The molecular weight excluding hydrogens is 232 g/mol. The molecule has 0 saturated carbocycles. The maximum absolute atomic E-state index is 9.60. The fourth-order valence-corrected chi connectivity index (χ4v) is 1.90. The second-order valence-electron chi connectivity index (χ2n) is 5.32. The van der Waals surface area contributed by atoms with E-state index in [0.29, 0.717) is 18.3 Å². The fraction of sp³-hybridized carbons (Fsp3) is 0.929. The Morgan fingerprint density at radius 1 is 0.944 bits per heavy atom. The van der Waals surface area contributed by atoms with Crippen LogP contribution in [0.4, 0.5) is 0 Å². The summed E-state index contributed by atoms with van der Waals surface area (Å²) in [4.78, 5) is 9.60. The Hall–Kier alpha value is -0.610. The van der Waals surface area contributed by atoms with E-state index in [0.717, 1.165) is 6.42 Å². The molecule has 0 rings (SSSR count). The Bertz CT molecular complexity index is 188. The van der Waals surface area contributed by atoms with Crippen molar-refractivity contribution in [1.29, 1.82) is 0 Å². The number of aliphatic hydroxyl groups excluding tert-OH is 2. The fourth-order valence-electron chi connectivity index (χ4n) is 1.90. The maximum Gasteiger partial charge on any atom is 0.303 e. The lowest BCUT2D eigenvalue weighted by atomic mass is 9.78. The zero-order valence-electron chi connectivity index (χ0n) is 12.4. The predicted octanol–water partition coefficient (Wildman–Crippen LogP) is 2.39. The molecule has 4 heteroatoms. The number of hydrogen-bond donors (Lipinski definition) is 3. The van der Waals surface area contributed by atoms with Crippen molar-refractivity contribution in [3.63, 3.8) is 0 Å². The average Bonchev–Trinajstić information content (AvgIpc) is 2.25. The molecule has 0 fully saturated rings. The van der Waals surface area contributed by atoms with Gasteiger partial charge in [0.05, 0.1) is 0 Å². The first-order valence-corrected chi connectivity index (χ1v) is 6.75. The number of carbonyl (C=O) groups is 1. The molecule has 0 aliphatic rings. The van der Waals surface area contributed by atoms with Gasteiger partial charge in [-0.25, -0.2) is 0 Å². The Morgan fingerprint density at radius 3 is 1.33 bits per heavy atom. The van der Waals surface area contributed by atoms with E-state index in [1.807, 2.05) is 6.92 Å². The third-order valence-electron chi connectivity index (χ3n) is 3.15. The van der Waals surface area contributed by atoms with Gasteiger partial charge in [0.15, 0.2) is 0 Å². The minimum Gasteiger partial charge on any atom is -0.481 e. The Balaban J connectivity index is 0. The molecule has 0 aliphatic heterocycles. The Kier molecular flexibility index (Phi) is 12.6. The quantitative estimate of drug-likeness (QED) is 0.658. The maximum atomic E-state index is 9.60. The monoisotopic (exact) mass is 262 g/mol. The van der Waals surface area contributed by atoms with Gasteiger partial charge in [0.2, 0.25) is 0 Å². The number of carboxylic acids is 1. The minimum absolute atomic E-state index is 0.182. The zero-order chi connectivity index (χ0) is 14.7. The lowest BCUT2D eigenvalue weighted by molar-refractivity contribution is -0.137. The number of carboxylic acid groups (broad SMARTS) is 1. The van der Waals surface area contributed by atoms with Crippen molar-refractivity contribution < 1.29 is 20.1 Å². The molecule has 0 heterocycles. The van der Waals surface area contributed by atoms with Crippen molar-refractivity contribution in [2.45, 2.75) is 47.5 Å². The first-order chi connectivity index (χ1) is 8.31. The van der Waals surface area contributed by atoms with Crippen LogP contribution in [0.25, 0.3) is 0 Å². The molecule has 0 saturated heterocycles. The minimum atomic E-state index is -0.711. The van der Waals surface area contributed by atoms with E-state index in [1.54, 1.807) is 0 Å². The van der Waals surface area contributed by atoms with Crippen molar-refractivity contribution in [3.05, 3.63) is 0 Å². The first kappa shape index (κ1) is 19.7. The molecule has 2 atom stereocenters. The van der Waals surface area contributed by atoms with Crippen molar-refractivity contribution in [2.24, 2.45) is 23.7 Å². The molecule has 110 valence electrons.